The number of thiazole rings is 1. The van der Waals surface area contributed by atoms with Gasteiger partial charge in [-0.15, -0.1) is 11.3 Å². The number of aromatic hydroxyl groups is 1. The molecule has 0 fully saturated rings. The number of H-pyrrole nitrogens is 1. The number of carbonyl (C=O) groups is 1. The minimum absolute atomic E-state index is 0.0758. The second kappa shape index (κ2) is 7.12. The van der Waals surface area contributed by atoms with Crippen LogP contribution in [0.5, 0.6) is 11.5 Å². The van der Waals surface area contributed by atoms with Gasteiger partial charge in [-0.3, -0.25) is 19.7 Å². The predicted octanol–water partition coefficient (Wildman–Crippen LogP) is 1.28. The molecule has 0 atom stereocenters. The fourth-order valence-corrected chi connectivity index (χ4v) is 2.89. The first-order valence-electron chi connectivity index (χ1n) is 7.55. The molecule has 0 aliphatic carbocycles. The molecule has 0 aliphatic rings. The first-order chi connectivity index (χ1) is 12.0. The van der Waals surface area contributed by atoms with Crippen LogP contribution in [-0.4, -0.2) is 27.9 Å². The summed E-state index contributed by atoms with van der Waals surface area (Å²) < 4.78 is 5.59. The number of nitrogens with zero attached hydrogens (tertiary/aromatic N) is 1. The van der Waals surface area contributed by atoms with E-state index in [9.17, 15) is 24.8 Å². The Balaban J connectivity index is 2.60. The zero-order chi connectivity index (χ0) is 19.6. The molecular weight excluding hydrogens is 360 g/mol. The quantitative estimate of drug-likeness (QED) is 0.610. The molecule has 0 unspecified atom stereocenters. The minimum atomic E-state index is -0.741. The summed E-state index contributed by atoms with van der Waals surface area (Å²) in [7, 11) is 1.27. The molecule has 1 aromatic heterocycles. The summed E-state index contributed by atoms with van der Waals surface area (Å²) in [6.07, 6.45) is 2.79. The molecule has 9 heteroatoms. The van der Waals surface area contributed by atoms with E-state index < -0.39 is 27.3 Å². The van der Waals surface area contributed by atoms with E-state index in [1.807, 2.05) is 0 Å². The third-order valence-corrected chi connectivity index (χ3v) is 4.44. The van der Waals surface area contributed by atoms with Gasteiger partial charge in [-0.25, -0.2) is 0 Å². The van der Waals surface area contributed by atoms with E-state index >= 15 is 0 Å². The van der Waals surface area contributed by atoms with Crippen LogP contribution in [0.25, 0.3) is 12.2 Å². The van der Waals surface area contributed by atoms with E-state index in [-0.39, 0.29) is 16.1 Å². The Morgan fingerprint density at radius 3 is 2.58 bits per heavy atom. The summed E-state index contributed by atoms with van der Waals surface area (Å²) in [4.78, 5) is 37.0. The van der Waals surface area contributed by atoms with Crippen LogP contribution in [0.1, 0.15) is 26.3 Å². The fraction of sp³-hybridized carbons (Fsp3) is 0.294. The van der Waals surface area contributed by atoms with E-state index in [2.05, 4.69) is 4.98 Å². The predicted molar refractivity (Wildman–Crippen MR) is 98.0 cm³/mol. The molecule has 1 aromatic carbocycles. The molecule has 0 aliphatic heterocycles. The van der Waals surface area contributed by atoms with E-state index in [1.54, 1.807) is 20.8 Å². The first-order valence-corrected chi connectivity index (χ1v) is 8.37. The van der Waals surface area contributed by atoms with Crippen molar-refractivity contribution in [2.45, 2.75) is 20.8 Å². The summed E-state index contributed by atoms with van der Waals surface area (Å²) in [5, 5.41) is 20.8. The van der Waals surface area contributed by atoms with Crippen LogP contribution < -0.4 is 19.5 Å². The highest BCUT2D eigenvalue weighted by molar-refractivity contribution is 7.07. The molecule has 2 aromatic rings. The van der Waals surface area contributed by atoms with E-state index in [4.69, 9.17) is 4.74 Å². The van der Waals surface area contributed by atoms with Gasteiger partial charge in [0.15, 0.2) is 11.5 Å². The number of ether oxygens (including phenoxy) is 1. The number of ketones is 1. The summed E-state index contributed by atoms with van der Waals surface area (Å²) in [6.45, 7) is 5.31. The normalized spacial score (nSPS) is 13.1. The number of hydrogen-bond acceptors (Lipinski definition) is 7. The average Bonchev–Trinajstić information content (AvgIpc) is 2.87. The molecule has 2 rings (SSSR count). The highest BCUT2D eigenvalue weighted by Gasteiger charge is 2.20. The van der Waals surface area contributed by atoms with Crippen LogP contribution in [0.3, 0.4) is 0 Å². The number of carbonyl (C=O) groups excluding carboxylic acids is 1. The van der Waals surface area contributed by atoms with Crippen molar-refractivity contribution >= 4 is 35.0 Å². The lowest BCUT2D eigenvalue weighted by Crippen LogP contribution is -2.22. The van der Waals surface area contributed by atoms with Crippen molar-refractivity contribution in [2.24, 2.45) is 5.41 Å². The number of nitrogens with one attached hydrogen (secondary N) is 1. The van der Waals surface area contributed by atoms with Crippen LogP contribution in [0.15, 0.2) is 16.9 Å². The zero-order valence-corrected chi connectivity index (χ0v) is 15.5. The van der Waals surface area contributed by atoms with Crippen molar-refractivity contribution in [1.82, 2.24) is 4.98 Å². The molecule has 0 spiro atoms. The Morgan fingerprint density at radius 1 is 1.38 bits per heavy atom. The van der Waals surface area contributed by atoms with Gasteiger partial charge in [0.25, 0.3) is 5.56 Å². The number of nitro benzene ring substituents is 1. The fourth-order valence-electron chi connectivity index (χ4n) is 2.00. The molecule has 2 N–H and O–H groups in total. The zero-order valence-electron chi connectivity index (χ0n) is 14.7. The lowest BCUT2D eigenvalue weighted by Gasteiger charge is -2.12. The van der Waals surface area contributed by atoms with Gasteiger partial charge in [0, 0.05) is 17.6 Å². The summed E-state index contributed by atoms with van der Waals surface area (Å²) in [5.41, 5.74) is -1.21. The summed E-state index contributed by atoms with van der Waals surface area (Å²) >= 11 is 1.06. The Morgan fingerprint density at radius 2 is 2.04 bits per heavy atom. The number of phenolic OH excluding ortho intramolecular Hbond substituents is 1. The average molecular weight is 378 g/mol. The van der Waals surface area contributed by atoms with Crippen molar-refractivity contribution in [3.63, 3.8) is 0 Å². The molecular formula is C17H18N2O6S. The van der Waals surface area contributed by atoms with Crippen LogP contribution in [0, 0.1) is 15.5 Å². The van der Waals surface area contributed by atoms with Gasteiger partial charge in [-0.05, 0) is 17.7 Å². The van der Waals surface area contributed by atoms with Gasteiger partial charge in [0.2, 0.25) is 5.75 Å². The van der Waals surface area contributed by atoms with Crippen LogP contribution in [0.4, 0.5) is 5.69 Å². The molecule has 138 valence electrons. The summed E-state index contributed by atoms with van der Waals surface area (Å²) in [6, 6.07) is 2.52. The maximum Gasteiger partial charge on any atom is 0.315 e. The smallest absolute Gasteiger partial charge is 0.315 e. The number of hydrogen-bond donors (Lipinski definition) is 2. The Bertz CT molecular complexity index is 1040. The largest absolute Gasteiger partial charge is 0.500 e. The number of phenols is 1. The van der Waals surface area contributed by atoms with Gasteiger partial charge >= 0.3 is 5.69 Å². The van der Waals surface area contributed by atoms with Crippen LogP contribution in [0.2, 0.25) is 0 Å². The number of aromatic amines is 1. The van der Waals surface area contributed by atoms with Crippen molar-refractivity contribution in [3.8, 4) is 11.5 Å². The lowest BCUT2D eigenvalue weighted by atomic mass is 9.91. The number of Topliss-reactive ketones (excluding diaryl/α,β-unsaturated/α-hetero) is 1. The van der Waals surface area contributed by atoms with Crippen molar-refractivity contribution in [1.29, 1.82) is 0 Å². The maximum atomic E-state index is 12.1. The molecule has 0 saturated carbocycles. The third-order valence-electron chi connectivity index (χ3n) is 3.47. The van der Waals surface area contributed by atoms with E-state index in [1.165, 1.54) is 25.3 Å². The number of rotatable bonds is 4. The number of methoxy groups -OCH3 is 1. The molecule has 8 nitrogen and oxygen atoms in total. The first kappa shape index (κ1) is 19.4. The number of nitro groups is 1. The van der Waals surface area contributed by atoms with Crippen LogP contribution >= 0.6 is 11.3 Å². The van der Waals surface area contributed by atoms with Gasteiger partial charge in [0.1, 0.15) is 0 Å². The van der Waals surface area contributed by atoms with Gasteiger partial charge in [-0.1, -0.05) is 20.8 Å². The molecule has 0 bridgehead atoms. The number of aromatic nitrogens is 1. The minimum Gasteiger partial charge on any atom is -0.500 e. The highest BCUT2D eigenvalue weighted by atomic mass is 32.1. The molecule has 1 heterocycles. The van der Waals surface area contributed by atoms with Crippen molar-refractivity contribution < 1.29 is 19.6 Å². The Labute approximate surface area is 152 Å². The highest BCUT2D eigenvalue weighted by Crippen LogP contribution is 2.36. The molecule has 0 radical (unpaired) electrons. The van der Waals surface area contributed by atoms with Gasteiger partial charge in [0.05, 0.1) is 21.2 Å². The molecule has 0 saturated heterocycles. The molecule has 26 heavy (non-hydrogen) atoms. The second-order valence-corrected chi connectivity index (χ2v) is 7.62. The maximum absolute atomic E-state index is 12.1. The number of benzene rings is 1. The molecule has 0 amide bonds. The second-order valence-electron chi connectivity index (χ2n) is 6.54. The van der Waals surface area contributed by atoms with Crippen molar-refractivity contribution in [2.75, 3.05) is 7.11 Å². The third kappa shape index (κ3) is 4.17. The monoisotopic (exact) mass is 378 g/mol. The SMILES string of the molecule is COc1cc(/C=c2\s/c(=C\C(=O)C(C)(C)C)[nH]c2=O)cc([N+](=O)[O-])c1O. The van der Waals surface area contributed by atoms with Gasteiger partial charge < -0.3 is 14.8 Å². The van der Waals surface area contributed by atoms with Crippen LogP contribution in [-0.2, 0) is 4.79 Å². The van der Waals surface area contributed by atoms with Gasteiger partial charge in [-0.2, -0.15) is 0 Å². The lowest BCUT2D eigenvalue weighted by molar-refractivity contribution is -0.386. The Kier molecular flexibility index (Phi) is 5.31. The van der Waals surface area contributed by atoms with Crippen molar-refractivity contribution in [3.05, 3.63) is 47.4 Å². The van der Waals surface area contributed by atoms with E-state index in [0.29, 0.717) is 10.2 Å². The van der Waals surface area contributed by atoms with E-state index in [0.717, 1.165) is 17.4 Å². The topological polar surface area (TPSA) is 123 Å². The summed E-state index contributed by atoms with van der Waals surface area (Å²) in [5.74, 6) is -0.795. The Hall–Kier alpha value is -2.94. The standard InChI is InChI=1S/C17H18N2O6S/c1-17(2,3)13(20)8-14-18-16(22)12(26-14)7-9-5-10(19(23)24)15(21)11(6-9)25-4/h5-8,21H,1-4H3,(H,18,22)/b12-7-,14-8-.